The number of hydrogen-bond acceptors (Lipinski definition) is 6. The Morgan fingerprint density at radius 1 is 0.744 bits per heavy atom. The highest BCUT2D eigenvalue weighted by Gasteiger charge is 2.22. The van der Waals surface area contributed by atoms with Gasteiger partial charge in [-0.1, -0.05) is 42.5 Å². The molecule has 9 nitrogen and oxygen atoms in total. The summed E-state index contributed by atoms with van der Waals surface area (Å²) in [6.07, 6.45) is 0. The number of carbonyl (C=O) groups is 3. The third kappa shape index (κ3) is 7.53. The number of nitro benzene ring substituents is 1. The number of carbonyl (C=O) groups excluding carboxylic acids is 3. The van der Waals surface area contributed by atoms with Crippen LogP contribution in [0, 0.1) is 10.1 Å². The third-order valence-corrected chi connectivity index (χ3v) is 6.73. The standard InChI is InChI=1S/C29H24N4O5S/c1-19(34)30-22-13-15-23(16-14-22)31-29(36)27(20-7-3-2-4-8-20)39-26-12-6-10-24(18-26)32-28(35)21-9-5-11-25(17-21)33(37)38/h2-18,27H,1H3,(H,30,34)(H,31,36)(H,32,35). The molecule has 1 unspecified atom stereocenters. The topological polar surface area (TPSA) is 130 Å². The predicted octanol–water partition coefficient (Wildman–Crippen LogP) is 6.28. The van der Waals surface area contributed by atoms with Crippen LogP contribution < -0.4 is 16.0 Å². The van der Waals surface area contributed by atoms with Crippen molar-refractivity contribution >= 4 is 52.2 Å². The first-order chi connectivity index (χ1) is 18.8. The van der Waals surface area contributed by atoms with Crippen LogP contribution in [-0.2, 0) is 9.59 Å². The fourth-order valence-electron chi connectivity index (χ4n) is 3.70. The van der Waals surface area contributed by atoms with E-state index in [1.54, 1.807) is 42.5 Å². The molecule has 4 aromatic carbocycles. The Bertz CT molecular complexity index is 1510. The first kappa shape index (κ1) is 27.1. The minimum absolute atomic E-state index is 0.160. The van der Waals surface area contributed by atoms with Crippen LogP contribution in [0.25, 0.3) is 0 Å². The number of nitrogens with zero attached hydrogens (tertiary/aromatic N) is 1. The van der Waals surface area contributed by atoms with Crippen molar-refractivity contribution in [3.8, 4) is 0 Å². The molecule has 0 radical (unpaired) electrons. The third-order valence-electron chi connectivity index (χ3n) is 5.48. The Hall–Kier alpha value is -4.96. The second-order valence-electron chi connectivity index (χ2n) is 8.45. The summed E-state index contributed by atoms with van der Waals surface area (Å²) < 4.78 is 0. The number of non-ortho nitro benzene ring substituents is 1. The zero-order valence-corrected chi connectivity index (χ0v) is 21.6. The molecular formula is C29H24N4O5S. The minimum Gasteiger partial charge on any atom is -0.326 e. The van der Waals surface area contributed by atoms with Crippen LogP contribution in [0.2, 0.25) is 0 Å². The van der Waals surface area contributed by atoms with Crippen molar-refractivity contribution in [2.24, 2.45) is 0 Å². The van der Waals surface area contributed by atoms with Crippen LogP contribution >= 0.6 is 11.8 Å². The van der Waals surface area contributed by atoms with Crippen LogP contribution in [-0.4, -0.2) is 22.6 Å². The molecule has 0 aliphatic carbocycles. The number of benzene rings is 4. The molecule has 0 bridgehead atoms. The van der Waals surface area contributed by atoms with Gasteiger partial charge in [-0.15, -0.1) is 11.8 Å². The van der Waals surface area contributed by atoms with Gasteiger partial charge in [0.25, 0.3) is 11.6 Å². The van der Waals surface area contributed by atoms with E-state index >= 15 is 0 Å². The summed E-state index contributed by atoms with van der Waals surface area (Å²) in [5, 5.41) is 18.8. The fourth-order valence-corrected chi connectivity index (χ4v) is 4.78. The van der Waals surface area contributed by atoms with Gasteiger partial charge in [0.15, 0.2) is 0 Å². The Morgan fingerprint density at radius 3 is 2.08 bits per heavy atom. The molecule has 3 amide bonds. The van der Waals surface area contributed by atoms with E-state index in [0.717, 1.165) is 10.5 Å². The van der Waals surface area contributed by atoms with Gasteiger partial charge >= 0.3 is 0 Å². The molecule has 1 atom stereocenters. The van der Waals surface area contributed by atoms with E-state index in [1.165, 1.54) is 43.0 Å². The van der Waals surface area contributed by atoms with Gasteiger partial charge in [0.1, 0.15) is 5.25 Å². The maximum Gasteiger partial charge on any atom is 0.270 e. The Labute approximate surface area is 228 Å². The fraction of sp³-hybridized carbons (Fsp3) is 0.0690. The molecule has 10 heteroatoms. The number of hydrogen-bond donors (Lipinski definition) is 3. The smallest absolute Gasteiger partial charge is 0.270 e. The molecule has 4 aromatic rings. The molecule has 39 heavy (non-hydrogen) atoms. The molecule has 196 valence electrons. The van der Waals surface area contributed by atoms with Crippen LogP contribution in [0.5, 0.6) is 0 Å². The summed E-state index contributed by atoms with van der Waals surface area (Å²) in [6, 6.07) is 28.7. The van der Waals surface area contributed by atoms with E-state index in [9.17, 15) is 24.5 Å². The van der Waals surface area contributed by atoms with E-state index in [1.807, 2.05) is 36.4 Å². The molecule has 0 spiro atoms. The first-order valence-electron chi connectivity index (χ1n) is 11.8. The minimum atomic E-state index is -0.607. The van der Waals surface area contributed by atoms with Gasteiger partial charge in [-0.2, -0.15) is 0 Å². The van der Waals surface area contributed by atoms with Crippen LogP contribution in [0.4, 0.5) is 22.7 Å². The maximum atomic E-state index is 13.4. The van der Waals surface area contributed by atoms with Gasteiger partial charge in [0.05, 0.1) is 4.92 Å². The largest absolute Gasteiger partial charge is 0.326 e. The number of anilines is 3. The van der Waals surface area contributed by atoms with E-state index in [-0.39, 0.29) is 23.1 Å². The summed E-state index contributed by atoms with van der Waals surface area (Å²) in [7, 11) is 0. The highest BCUT2D eigenvalue weighted by Crippen LogP contribution is 2.37. The van der Waals surface area contributed by atoms with E-state index in [2.05, 4.69) is 16.0 Å². The van der Waals surface area contributed by atoms with Crippen molar-refractivity contribution in [2.75, 3.05) is 16.0 Å². The molecule has 0 aliphatic rings. The van der Waals surface area contributed by atoms with Gasteiger partial charge < -0.3 is 16.0 Å². The molecule has 3 N–H and O–H groups in total. The molecular weight excluding hydrogens is 516 g/mol. The summed E-state index contributed by atoms with van der Waals surface area (Å²) in [4.78, 5) is 48.6. The average Bonchev–Trinajstić information content (AvgIpc) is 2.93. The lowest BCUT2D eigenvalue weighted by Gasteiger charge is -2.18. The molecule has 0 saturated heterocycles. The number of amides is 3. The zero-order valence-electron chi connectivity index (χ0n) is 20.8. The van der Waals surface area contributed by atoms with Crippen molar-refractivity contribution in [2.45, 2.75) is 17.1 Å². The van der Waals surface area contributed by atoms with Crippen LogP contribution in [0.3, 0.4) is 0 Å². The number of rotatable bonds is 9. The normalized spacial score (nSPS) is 11.2. The lowest BCUT2D eigenvalue weighted by atomic mass is 10.1. The Kier molecular flexibility index (Phi) is 8.70. The van der Waals surface area contributed by atoms with Crippen molar-refractivity contribution in [3.05, 3.63) is 124 Å². The number of nitro groups is 1. The van der Waals surface area contributed by atoms with Gasteiger partial charge in [0.2, 0.25) is 11.8 Å². The number of thioether (sulfide) groups is 1. The average molecular weight is 541 g/mol. The summed E-state index contributed by atoms with van der Waals surface area (Å²) in [5.74, 6) is -0.916. The van der Waals surface area contributed by atoms with Crippen LogP contribution in [0.15, 0.2) is 108 Å². The molecule has 0 saturated carbocycles. The Balaban J connectivity index is 1.51. The van der Waals surface area contributed by atoms with Gasteiger partial charge in [-0.3, -0.25) is 24.5 Å². The second-order valence-corrected chi connectivity index (χ2v) is 9.62. The van der Waals surface area contributed by atoms with E-state index < -0.39 is 16.1 Å². The first-order valence-corrected chi connectivity index (χ1v) is 12.7. The molecule has 0 aromatic heterocycles. The van der Waals surface area contributed by atoms with Crippen molar-refractivity contribution < 1.29 is 19.3 Å². The lowest BCUT2D eigenvalue weighted by molar-refractivity contribution is -0.384. The predicted molar refractivity (Wildman–Crippen MR) is 152 cm³/mol. The molecule has 0 fully saturated rings. The quantitative estimate of drug-likeness (QED) is 0.130. The molecule has 0 heterocycles. The summed E-state index contributed by atoms with van der Waals surface area (Å²) >= 11 is 1.31. The van der Waals surface area contributed by atoms with Crippen molar-refractivity contribution in [1.29, 1.82) is 0 Å². The van der Waals surface area contributed by atoms with Gasteiger partial charge in [-0.25, -0.2) is 0 Å². The summed E-state index contributed by atoms with van der Waals surface area (Å²) in [6.45, 7) is 1.42. The maximum absolute atomic E-state index is 13.4. The van der Waals surface area contributed by atoms with Crippen LogP contribution in [0.1, 0.15) is 28.1 Å². The zero-order chi connectivity index (χ0) is 27.8. The molecule has 0 aliphatic heterocycles. The SMILES string of the molecule is CC(=O)Nc1ccc(NC(=O)C(Sc2cccc(NC(=O)c3cccc([N+](=O)[O-])c3)c2)c2ccccc2)cc1. The highest BCUT2D eigenvalue weighted by atomic mass is 32.2. The van der Waals surface area contributed by atoms with Gasteiger partial charge in [-0.05, 0) is 54.1 Å². The number of nitrogens with one attached hydrogen (secondary N) is 3. The van der Waals surface area contributed by atoms with E-state index in [0.29, 0.717) is 17.1 Å². The highest BCUT2D eigenvalue weighted by molar-refractivity contribution is 8.00. The van der Waals surface area contributed by atoms with Crippen molar-refractivity contribution in [1.82, 2.24) is 0 Å². The van der Waals surface area contributed by atoms with E-state index in [4.69, 9.17) is 0 Å². The summed E-state index contributed by atoms with van der Waals surface area (Å²) in [5.41, 5.74) is 2.46. The lowest BCUT2D eigenvalue weighted by Crippen LogP contribution is -2.19. The van der Waals surface area contributed by atoms with Gasteiger partial charge in [0, 0.05) is 46.6 Å². The second kappa shape index (κ2) is 12.5. The molecule has 4 rings (SSSR count). The Morgan fingerprint density at radius 2 is 1.41 bits per heavy atom. The monoisotopic (exact) mass is 540 g/mol. The van der Waals surface area contributed by atoms with Crippen molar-refractivity contribution in [3.63, 3.8) is 0 Å².